The molecule has 2 amide bonds. The Hall–Kier alpha value is -1.40. The first-order valence-corrected chi connectivity index (χ1v) is 9.13. The number of aryl methyl sites for hydroxylation is 1. The molecule has 1 saturated heterocycles. The number of amides is 2. The Labute approximate surface area is 150 Å². The number of halogens is 1. The molecule has 5 nitrogen and oxygen atoms in total. The van der Waals surface area contributed by atoms with E-state index in [-0.39, 0.29) is 30.8 Å². The van der Waals surface area contributed by atoms with Gasteiger partial charge in [0.15, 0.2) is 0 Å². The van der Waals surface area contributed by atoms with E-state index in [2.05, 4.69) is 21.2 Å². The van der Waals surface area contributed by atoms with E-state index >= 15 is 0 Å². The highest BCUT2D eigenvalue weighted by atomic mass is 79.9. The Bertz CT molecular complexity index is 674. The average Bonchev–Trinajstić information content (AvgIpc) is 3.33. The molecule has 2 aliphatic rings. The van der Waals surface area contributed by atoms with Gasteiger partial charge in [-0.3, -0.25) is 9.59 Å². The second-order valence-electron chi connectivity index (χ2n) is 7.18. The van der Waals surface area contributed by atoms with Gasteiger partial charge in [0, 0.05) is 23.1 Å². The fourth-order valence-electron chi connectivity index (χ4n) is 3.30. The normalized spacial score (nSPS) is 23.2. The van der Waals surface area contributed by atoms with Gasteiger partial charge in [-0.2, -0.15) is 0 Å². The van der Waals surface area contributed by atoms with Gasteiger partial charge in [-0.15, -0.1) is 0 Å². The zero-order chi connectivity index (χ0) is 17.5. The van der Waals surface area contributed by atoms with Gasteiger partial charge in [-0.25, -0.2) is 0 Å². The van der Waals surface area contributed by atoms with E-state index < -0.39 is 5.54 Å². The third-order valence-corrected chi connectivity index (χ3v) is 6.05. The maximum absolute atomic E-state index is 12.6. The molecule has 1 aromatic rings. The lowest BCUT2D eigenvalue weighted by atomic mass is 9.95. The Kier molecular flexibility index (Phi) is 4.71. The summed E-state index contributed by atoms with van der Waals surface area (Å²) < 4.78 is 0.996. The molecule has 0 unspecified atom stereocenters. The van der Waals surface area contributed by atoms with E-state index in [1.807, 2.05) is 32.0 Å². The molecule has 2 N–H and O–H groups in total. The minimum absolute atomic E-state index is 0.0333. The topological polar surface area (TPSA) is 69.6 Å². The minimum atomic E-state index is -0.568. The predicted molar refractivity (Wildman–Crippen MR) is 95.7 cm³/mol. The van der Waals surface area contributed by atoms with E-state index in [0.29, 0.717) is 12.5 Å². The molecule has 0 spiro atoms. The van der Waals surface area contributed by atoms with Crippen LogP contribution < -0.4 is 10.2 Å². The molecule has 1 aliphatic heterocycles. The summed E-state index contributed by atoms with van der Waals surface area (Å²) in [7, 11) is 0. The summed E-state index contributed by atoms with van der Waals surface area (Å²) in [5.41, 5.74) is 1.31. The number of aliphatic hydroxyl groups excluding tert-OH is 1. The fourth-order valence-corrected chi connectivity index (χ4v) is 3.55. The number of hydrogen-bond donors (Lipinski definition) is 2. The van der Waals surface area contributed by atoms with E-state index in [0.717, 1.165) is 28.6 Å². The molecule has 1 aliphatic carbocycles. The highest BCUT2D eigenvalue weighted by Crippen LogP contribution is 2.39. The number of nitrogens with one attached hydrogen (secondary N) is 1. The number of benzene rings is 1. The summed E-state index contributed by atoms with van der Waals surface area (Å²) in [6.45, 7) is 4.17. The van der Waals surface area contributed by atoms with Crippen molar-refractivity contribution >= 4 is 33.4 Å². The van der Waals surface area contributed by atoms with Gasteiger partial charge < -0.3 is 15.3 Å². The van der Waals surface area contributed by atoms with Crippen molar-refractivity contribution in [2.24, 2.45) is 11.8 Å². The van der Waals surface area contributed by atoms with Crippen LogP contribution in [0.4, 0.5) is 5.69 Å². The molecule has 1 heterocycles. The monoisotopic (exact) mass is 394 g/mol. The first-order valence-electron chi connectivity index (χ1n) is 8.33. The maximum Gasteiger partial charge on any atom is 0.227 e. The summed E-state index contributed by atoms with van der Waals surface area (Å²) in [6, 6.07) is 5.75. The summed E-state index contributed by atoms with van der Waals surface area (Å²) in [6.07, 6.45) is 2.28. The quantitative estimate of drug-likeness (QED) is 0.805. The van der Waals surface area contributed by atoms with Gasteiger partial charge in [0.05, 0.1) is 18.1 Å². The fraction of sp³-hybridized carbons (Fsp3) is 0.556. The molecule has 24 heavy (non-hydrogen) atoms. The Morgan fingerprint density at radius 2 is 2.17 bits per heavy atom. The number of aliphatic hydroxyl groups is 1. The molecule has 6 heteroatoms. The Morgan fingerprint density at radius 1 is 1.46 bits per heavy atom. The molecular formula is C18H23BrN2O3. The number of carbonyl (C=O) groups is 2. The van der Waals surface area contributed by atoms with Gasteiger partial charge in [0.2, 0.25) is 11.8 Å². The smallest absolute Gasteiger partial charge is 0.227 e. The first-order chi connectivity index (χ1) is 11.3. The summed E-state index contributed by atoms with van der Waals surface area (Å²) in [5, 5.41) is 12.6. The zero-order valence-corrected chi connectivity index (χ0v) is 15.6. The van der Waals surface area contributed by atoms with Crippen LogP contribution in [-0.4, -0.2) is 35.6 Å². The van der Waals surface area contributed by atoms with Crippen LogP contribution in [0, 0.1) is 18.8 Å². The van der Waals surface area contributed by atoms with E-state index in [9.17, 15) is 14.7 Å². The molecular weight excluding hydrogens is 372 g/mol. The lowest BCUT2D eigenvalue weighted by Gasteiger charge is -2.30. The molecule has 2 fully saturated rings. The molecule has 3 rings (SSSR count). The van der Waals surface area contributed by atoms with Crippen LogP contribution in [0.3, 0.4) is 0 Å². The van der Waals surface area contributed by atoms with Gasteiger partial charge >= 0.3 is 0 Å². The van der Waals surface area contributed by atoms with Crippen molar-refractivity contribution < 1.29 is 14.7 Å². The summed E-state index contributed by atoms with van der Waals surface area (Å²) in [4.78, 5) is 26.6. The van der Waals surface area contributed by atoms with Crippen LogP contribution in [0.5, 0.6) is 0 Å². The molecule has 0 bridgehead atoms. The molecule has 1 aromatic carbocycles. The predicted octanol–water partition coefficient (Wildman–Crippen LogP) is 2.39. The van der Waals surface area contributed by atoms with E-state index in [4.69, 9.17) is 0 Å². The molecule has 0 radical (unpaired) electrons. The van der Waals surface area contributed by atoms with Crippen LogP contribution in [0.1, 0.15) is 31.7 Å². The second-order valence-corrected chi connectivity index (χ2v) is 8.03. The first kappa shape index (κ1) is 17.4. The third-order valence-electron chi connectivity index (χ3n) is 5.16. The SMILES string of the molecule is Cc1cc(N2C[C@@H](C(=O)N[C@](C)(CO)C3CC3)CC2=O)ccc1Br. The number of nitrogens with zero attached hydrogens (tertiary/aromatic N) is 1. The second kappa shape index (κ2) is 6.48. The Balaban J connectivity index is 1.69. The largest absolute Gasteiger partial charge is 0.394 e. The highest BCUT2D eigenvalue weighted by molar-refractivity contribution is 9.10. The third kappa shape index (κ3) is 3.35. The average molecular weight is 395 g/mol. The lowest BCUT2D eigenvalue weighted by Crippen LogP contribution is -2.52. The van der Waals surface area contributed by atoms with E-state index in [1.165, 1.54) is 0 Å². The van der Waals surface area contributed by atoms with Crippen molar-refractivity contribution in [1.82, 2.24) is 5.32 Å². The highest BCUT2D eigenvalue weighted by Gasteiger charge is 2.44. The zero-order valence-electron chi connectivity index (χ0n) is 14.0. The number of rotatable bonds is 5. The van der Waals surface area contributed by atoms with Crippen LogP contribution in [0.25, 0.3) is 0 Å². The molecule has 0 aromatic heterocycles. The van der Waals surface area contributed by atoms with Crippen LogP contribution in [-0.2, 0) is 9.59 Å². The van der Waals surface area contributed by atoms with Crippen LogP contribution in [0.2, 0.25) is 0 Å². The standard InChI is InChI=1S/C18H23BrN2O3/c1-11-7-14(5-6-15(11)19)21-9-12(8-16(21)23)17(24)20-18(2,10-22)13-3-4-13/h5-7,12-13,22H,3-4,8-10H2,1-2H3,(H,20,24)/t12-,18+/m0/s1. The lowest BCUT2D eigenvalue weighted by molar-refractivity contribution is -0.128. The van der Waals surface area contributed by atoms with Crippen LogP contribution in [0.15, 0.2) is 22.7 Å². The molecule has 2 atom stereocenters. The van der Waals surface area contributed by atoms with Gasteiger partial charge in [0.1, 0.15) is 0 Å². The van der Waals surface area contributed by atoms with Gasteiger partial charge in [-0.1, -0.05) is 15.9 Å². The van der Waals surface area contributed by atoms with E-state index in [1.54, 1.807) is 4.90 Å². The summed E-state index contributed by atoms with van der Waals surface area (Å²) in [5.74, 6) is -0.197. The van der Waals surface area contributed by atoms with Crippen LogP contribution >= 0.6 is 15.9 Å². The van der Waals surface area contributed by atoms with Crippen molar-refractivity contribution in [3.8, 4) is 0 Å². The number of hydrogen-bond acceptors (Lipinski definition) is 3. The van der Waals surface area contributed by atoms with Gasteiger partial charge in [-0.05, 0) is 56.4 Å². The molecule has 1 saturated carbocycles. The number of carbonyl (C=O) groups excluding carboxylic acids is 2. The summed E-state index contributed by atoms with van der Waals surface area (Å²) >= 11 is 3.46. The minimum Gasteiger partial charge on any atom is -0.394 e. The Morgan fingerprint density at radius 3 is 2.75 bits per heavy atom. The van der Waals surface area contributed by atoms with Crippen molar-refractivity contribution in [3.05, 3.63) is 28.2 Å². The van der Waals surface area contributed by atoms with Crippen molar-refractivity contribution in [3.63, 3.8) is 0 Å². The van der Waals surface area contributed by atoms with Gasteiger partial charge in [0.25, 0.3) is 0 Å². The van der Waals surface area contributed by atoms with Crippen molar-refractivity contribution in [2.75, 3.05) is 18.1 Å². The molecule has 130 valence electrons. The maximum atomic E-state index is 12.6. The number of anilines is 1. The van der Waals surface area contributed by atoms with Crippen molar-refractivity contribution in [1.29, 1.82) is 0 Å². The van der Waals surface area contributed by atoms with Crippen molar-refractivity contribution in [2.45, 2.75) is 38.6 Å².